The molecule has 0 aromatic heterocycles. The molecule has 1 aliphatic heterocycles. The van der Waals surface area contributed by atoms with Crippen LogP contribution in [0.1, 0.15) is 15.9 Å². The smallest absolute Gasteiger partial charge is 0.253 e. The molecule has 0 N–H and O–H groups in total. The highest BCUT2D eigenvalue weighted by atomic mass is 35.5. The van der Waals surface area contributed by atoms with Crippen LogP contribution >= 0.6 is 11.6 Å². The Hall–Kier alpha value is -2.07. The first kappa shape index (κ1) is 15.8. The summed E-state index contributed by atoms with van der Waals surface area (Å²) in [5.74, 6) is -0.379. The zero-order valence-electron chi connectivity index (χ0n) is 12.9. The average molecular weight is 333 g/mol. The lowest BCUT2D eigenvalue weighted by Gasteiger charge is -2.37. The zero-order chi connectivity index (χ0) is 16.4. The summed E-state index contributed by atoms with van der Waals surface area (Å²) >= 11 is 6.18. The van der Waals surface area contributed by atoms with Crippen LogP contribution < -0.4 is 4.90 Å². The molecule has 0 bridgehead atoms. The molecule has 2 aromatic rings. The lowest BCUT2D eigenvalue weighted by Crippen LogP contribution is -2.49. The van der Waals surface area contributed by atoms with Gasteiger partial charge in [-0.05, 0) is 48.9 Å². The Morgan fingerprint density at radius 2 is 1.70 bits per heavy atom. The fraction of sp³-hybridized carbons (Fsp3) is 0.278. The first-order valence-corrected chi connectivity index (χ1v) is 7.99. The molecule has 120 valence electrons. The standard InChI is InChI=1S/C18H18ClFN2O/c1-13-16(19)3-2-4-17(13)21-9-11-22(12-10-21)18(23)14-5-7-15(20)8-6-14/h2-8H,9-12H2,1H3. The number of amides is 1. The zero-order valence-corrected chi connectivity index (χ0v) is 13.7. The van der Waals surface area contributed by atoms with E-state index in [4.69, 9.17) is 11.6 Å². The minimum absolute atomic E-state index is 0.0486. The summed E-state index contributed by atoms with van der Waals surface area (Å²) in [7, 11) is 0. The molecular formula is C18H18ClFN2O. The number of anilines is 1. The maximum Gasteiger partial charge on any atom is 0.253 e. The molecule has 1 aliphatic rings. The van der Waals surface area contributed by atoms with Gasteiger partial charge in [0.25, 0.3) is 5.91 Å². The van der Waals surface area contributed by atoms with Crippen LogP contribution in [-0.4, -0.2) is 37.0 Å². The summed E-state index contributed by atoms with van der Waals surface area (Å²) in [5.41, 5.74) is 2.71. The number of hydrogen-bond donors (Lipinski definition) is 0. The summed E-state index contributed by atoms with van der Waals surface area (Å²) in [6.45, 7) is 4.81. The molecule has 3 rings (SSSR count). The largest absolute Gasteiger partial charge is 0.368 e. The number of benzene rings is 2. The van der Waals surface area contributed by atoms with Gasteiger partial charge in [0.15, 0.2) is 0 Å². The van der Waals surface area contributed by atoms with E-state index in [-0.39, 0.29) is 11.7 Å². The van der Waals surface area contributed by atoms with E-state index in [1.165, 1.54) is 24.3 Å². The van der Waals surface area contributed by atoms with Gasteiger partial charge in [0, 0.05) is 42.5 Å². The van der Waals surface area contributed by atoms with Crippen molar-refractivity contribution in [3.05, 3.63) is 64.4 Å². The molecule has 1 amide bonds. The summed E-state index contributed by atoms with van der Waals surface area (Å²) in [4.78, 5) is 16.5. The molecule has 0 radical (unpaired) electrons. The molecule has 23 heavy (non-hydrogen) atoms. The molecule has 0 atom stereocenters. The van der Waals surface area contributed by atoms with Gasteiger partial charge in [0.05, 0.1) is 0 Å². The number of nitrogens with zero attached hydrogens (tertiary/aromatic N) is 2. The Labute approximate surface area is 140 Å². The minimum atomic E-state index is -0.331. The van der Waals surface area contributed by atoms with Gasteiger partial charge in [-0.15, -0.1) is 0 Å². The van der Waals surface area contributed by atoms with E-state index < -0.39 is 0 Å². The van der Waals surface area contributed by atoms with Gasteiger partial charge in [0.2, 0.25) is 0 Å². The van der Waals surface area contributed by atoms with Gasteiger partial charge >= 0.3 is 0 Å². The van der Waals surface area contributed by atoms with Gasteiger partial charge in [0.1, 0.15) is 5.82 Å². The minimum Gasteiger partial charge on any atom is -0.368 e. The molecule has 5 heteroatoms. The first-order valence-electron chi connectivity index (χ1n) is 7.61. The topological polar surface area (TPSA) is 23.6 Å². The van der Waals surface area contributed by atoms with Gasteiger partial charge in [-0.3, -0.25) is 4.79 Å². The van der Waals surface area contributed by atoms with Crippen LogP contribution in [-0.2, 0) is 0 Å². The summed E-state index contributed by atoms with van der Waals surface area (Å²) in [6.07, 6.45) is 0. The average Bonchev–Trinajstić information content (AvgIpc) is 2.58. The summed E-state index contributed by atoms with van der Waals surface area (Å²) in [6, 6.07) is 11.6. The molecular weight excluding hydrogens is 315 g/mol. The Balaban J connectivity index is 1.67. The van der Waals surface area contributed by atoms with E-state index in [1.807, 2.05) is 24.0 Å². The van der Waals surface area contributed by atoms with Gasteiger partial charge in [-0.1, -0.05) is 17.7 Å². The molecule has 1 saturated heterocycles. The third kappa shape index (κ3) is 3.32. The molecule has 0 saturated carbocycles. The fourth-order valence-electron chi connectivity index (χ4n) is 2.86. The maximum atomic E-state index is 13.0. The highest BCUT2D eigenvalue weighted by Crippen LogP contribution is 2.27. The van der Waals surface area contributed by atoms with E-state index >= 15 is 0 Å². The van der Waals surface area contributed by atoms with Crippen LogP contribution in [0.25, 0.3) is 0 Å². The van der Waals surface area contributed by atoms with Crippen LogP contribution in [0.3, 0.4) is 0 Å². The summed E-state index contributed by atoms with van der Waals surface area (Å²) < 4.78 is 13.0. The van der Waals surface area contributed by atoms with Crippen molar-refractivity contribution in [2.75, 3.05) is 31.1 Å². The lowest BCUT2D eigenvalue weighted by atomic mass is 10.1. The van der Waals surface area contributed by atoms with Crippen molar-refractivity contribution < 1.29 is 9.18 Å². The molecule has 0 aliphatic carbocycles. The second kappa shape index (κ2) is 6.59. The number of hydrogen-bond acceptors (Lipinski definition) is 2. The van der Waals surface area contributed by atoms with Crippen molar-refractivity contribution in [3.63, 3.8) is 0 Å². The van der Waals surface area contributed by atoms with Crippen molar-refractivity contribution >= 4 is 23.2 Å². The van der Waals surface area contributed by atoms with E-state index in [9.17, 15) is 9.18 Å². The number of carbonyl (C=O) groups is 1. The number of piperazine rings is 1. The molecule has 1 heterocycles. The number of carbonyl (C=O) groups excluding carboxylic acids is 1. The Kier molecular flexibility index (Phi) is 4.53. The van der Waals surface area contributed by atoms with Gasteiger partial charge in [-0.25, -0.2) is 4.39 Å². The quantitative estimate of drug-likeness (QED) is 0.836. The van der Waals surface area contributed by atoms with E-state index in [1.54, 1.807) is 0 Å². The van der Waals surface area contributed by atoms with Crippen molar-refractivity contribution in [1.82, 2.24) is 4.90 Å². The van der Waals surface area contributed by atoms with Crippen LogP contribution in [0.4, 0.5) is 10.1 Å². The first-order chi connectivity index (χ1) is 11.1. The van der Waals surface area contributed by atoms with Gasteiger partial charge < -0.3 is 9.80 Å². The molecule has 1 fully saturated rings. The van der Waals surface area contributed by atoms with Crippen LogP contribution in [0.15, 0.2) is 42.5 Å². The number of rotatable bonds is 2. The SMILES string of the molecule is Cc1c(Cl)cccc1N1CCN(C(=O)c2ccc(F)cc2)CC1. The monoisotopic (exact) mass is 332 g/mol. The van der Waals surface area contributed by atoms with Gasteiger partial charge in [-0.2, -0.15) is 0 Å². The summed E-state index contributed by atoms with van der Waals surface area (Å²) in [5, 5.41) is 0.757. The van der Waals surface area contributed by atoms with Crippen molar-refractivity contribution in [3.8, 4) is 0 Å². The van der Waals surface area contributed by atoms with Crippen molar-refractivity contribution in [1.29, 1.82) is 0 Å². The van der Waals surface area contributed by atoms with E-state index in [2.05, 4.69) is 11.0 Å². The fourth-order valence-corrected chi connectivity index (χ4v) is 3.03. The van der Waals surface area contributed by atoms with E-state index in [0.717, 1.165) is 29.4 Å². The highest BCUT2D eigenvalue weighted by molar-refractivity contribution is 6.31. The predicted octanol–water partition coefficient (Wildman–Crippen LogP) is 3.75. The van der Waals surface area contributed by atoms with E-state index in [0.29, 0.717) is 18.7 Å². The molecule has 0 spiro atoms. The Morgan fingerprint density at radius 1 is 1.04 bits per heavy atom. The molecule has 0 unspecified atom stereocenters. The second-order valence-electron chi connectivity index (χ2n) is 5.67. The van der Waals surface area contributed by atoms with Crippen LogP contribution in [0.2, 0.25) is 5.02 Å². The van der Waals surface area contributed by atoms with Crippen molar-refractivity contribution in [2.24, 2.45) is 0 Å². The molecule has 2 aromatic carbocycles. The van der Waals surface area contributed by atoms with Crippen LogP contribution in [0.5, 0.6) is 0 Å². The number of halogens is 2. The lowest BCUT2D eigenvalue weighted by molar-refractivity contribution is 0.0746. The van der Waals surface area contributed by atoms with Crippen LogP contribution in [0, 0.1) is 12.7 Å². The maximum absolute atomic E-state index is 13.0. The second-order valence-corrected chi connectivity index (χ2v) is 6.08. The van der Waals surface area contributed by atoms with Crippen molar-refractivity contribution in [2.45, 2.75) is 6.92 Å². The third-order valence-electron chi connectivity index (χ3n) is 4.24. The Morgan fingerprint density at radius 3 is 2.35 bits per heavy atom. The highest BCUT2D eigenvalue weighted by Gasteiger charge is 2.23. The normalized spacial score (nSPS) is 14.9. The predicted molar refractivity (Wildman–Crippen MR) is 90.7 cm³/mol. The Bertz CT molecular complexity index is 709. The third-order valence-corrected chi connectivity index (χ3v) is 4.65. The molecule has 3 nitrogen and oxygen atoms in total.